The van der Waals surface area contributed by atoms with Gasteiger partial charge in [-0.25, -0.2) is 0 Å². The first-order chi connectivity index (χ1) is 7.84. The molecule has 0 aromatic heterocycles. The van der Waals surface area contributed by atoms with Crippen LogP contribution < -0.4 is 5.32 Å². The van der Waals surface area contributed by atoms with Crippen molar-refractivity contribution in [2.24, 2.45) is 0 Å². The van der Waals surface area contributed by atoms with Crippen LogP contribution in [0.2, 0.25) is 0 Å². The van der Waals surface area contributed by atoms with Gasteiger partial charge in [0.25, 0.3) is 10.1 Å². The van der Waals surface area contributed by atoms with Gasteiger partial charge in [0.15, 0.2) is 5.40 Å². The van der Waals surface area contributed by atoms with E-state index in [0.717, 1.165) is 0 Å². The summed E-state index contributed by atoms with van der Waals surface area (Å²) in [7, 11) is -14.1. The summed E-state index contributed by atoms with van der Waals surface area (Å²) in [6.07, 6.45) is -0.0616. The van der Waals surface area contributed by atoms with Gasteiger partial charge < -0.3 is 24.9 Å². The highest BCUT2D eigenvalue weighted by atomic mass is 32.2. The lowest BCUT2D eigenvalue weighted by atomic mass is 10.5. The Balaban J connectivity index is 4.25. The van der Waals surface area contributed by atoms with E-state index in [-0.39, 0.29) is 13.0 Å². The number of nitrogens with one attached hydrogen (secondary N) is 1. The quantitative estimate of drug-likeness (QED) is 0.175. The van der Waals surface area contributed by atoms with Crippen molar-refractivity contribution >= 4 is 25.3 Å². The van der Waals surface area contributed by atoms with Crippen LogP contribution in [0.15, 0.2) is 0 Å². The van der Waals surface area contributed by atoms with Crippen LogP contribution in [-0.4, -0.2) is 56.8 Å². The van der Waals surface area contributed by atoms with Crippen LogP contribution >= 0.6 is 15.2 Å². The van der Waals surface area contributed by atoms with Crippen molar-refractivity contribution in [2.75, 3.05) is 18.8 Å². The zero-order valence-corrected chi connectivity index (χ0v) is 11.7. The highest BCUT2D eigenvalue weighted by molar-refractivity contribution is 7.85. The Labute approximate surface area is 103 Å². The summed E-state index contributed by atoms with van der Waals surface area (Å²) in [6, 6.07) is 0. The van der Waals surface area contributed by atoms with Gasteiger partial charge in [0.2, 0.25) is 0 Å². The molecule has 0 rings (SSSR count). The molecule has 10 nitrogen and oxygen atoms in total. The van der Waals surface area contributed by atoms with Gasteiger partial charge in [-0.2, -0.15) is 8.42 Å². The monoisotopic (exact) mass is 327 g/mol. The molecule has 0 saturated carbocycles. The summed E-state index contributed by atoms with van der Waals surface area (Å²) in [5, 5.41) is 0.141. The van der Waals surface area contributed by atoms with E-state index in [0.29, 0.717) is 0 Å². The van der Waals surface area contributed by atoms with E-state index in [2.05, 4.69) is 5.32 Å². The average Bonchev–Trinajstić information content (AvgIpc) is 2.04. The second-order valence-electron chi connectivity index (χ2n) is 3.50. The second-order valence-corrected chi connectivity index (χ2v) is 9.09. The second kappa shape index (κ2) is 6.56. The SMILES string of the molecule is O=P(O)(O)C(CNCCCS(=O)(=O)O)P(=O)(O)O. The zero-order valence-electron chi connectivity index (χ0n) is 9.08. The molecule has 0 aliphatic rings. The van der Waals surface area contributed by atoms with Gasteiger partial charge in [-0.15, -0.1) is 0 Å². The lowest BCUT2D eigenvalue weighted by molar-refractivity contribution is 0.336. The van der Waals surface area contributed by atoms with Crippen molar-refractivity contribution in [1.29, 1.82) is 0 Å². The Morgan fingerprint density at radius 2 is 1.50 bits per heavy atom. The summed E-state index contributed by atoms with van der Waals surface area (Å²) < 4.78 is 50.7. The zero-order chi connectivity index (χ0) is 14.6. The molecule has 0 aromatic rings. The Hall–Kier alpha value is 0.170. The Morgan fingerprint density at radius 3 is 1.83 bits per heavy atom. The fourth-order valence-electron chi connectivity index (χ4n) is 1.04. The third-order valence-corrected chi connectivity index (χ3v) is 6.39. The first-order valence-electron chi connectivity index (χ1n) is 4.60. The normalized spacial score (nSPS) is 14.1. The summed E-state index contributed by atoms with van der Waals surface area (Å²) in [6.45, 7) is -0.740. The fourth-order valence-corrected chi connectivity index (χ4v) is 3.86. The van der Waals surface area contributed by atoms with Crippen molar-refractivity contribution in [3.8, 4) is 0 Å². The predicted octanol–water partition coefficient (Wildman–Crippen LogP) is -1.46. The summed E-state index contributed by atoms with van der Waals surface area (Å²) in [5.74, 6) is -0.559. The molecule has 0 atom stereocenters. The maximum atomic E-state index is 10.8. The molecule has 0 heterocycles. The largest absolute Gasteiger partial charge is 0.342 e. The van der Waals surface area contributed by atoms with Crippen LogP contribution in [0.5, 0.6) is 0 Å². The van der Waals surface area contributed by atoms with Crippen LogP contribution in [0, 0.1) is 0 Å². The van der Waals surface area contributed by atoms with Crippen LogP contribution in [0.4, 0.5) is 0 Å². The van der Waals surface area contributed by atoms with Gasteiger partial charge in [-0.05, 0) is 13.0 Å². The van der Waals surface area contributed by atoms with Gasteiger partial charge >= 0.3 is 15.2 Å². The van der Waals surface area contributed by atoms with Gasteiger partial charge in [0.05, 0.1) is 5.75 Å². The van der Waals surface area contributed by atoms with E-state index in [1.165, 1.54) is 0 Å². The van der Waals surface area contributed by atoms with E-state index in [1.54, 1.807) is 0 Å². The van der Waals surface area contributed by atoms with Crippen molar-refractivity contribution in [2.45, 2.75) is 11.8 Å². The van der Waals surface area contributed by atoms with Crippen molar-refractivity contribution < 1.29 is 41.7 Å². The van der Waals surface area contributed by atoms with Gasteiger partial charge in [-0.1, -0.05) is 0 Å². The molecule has 0 radical (unpaired) electrons. The number of hydrogen-bond acceptors (Lipinski definition) is 5. The van der Waals surface area contributed by atoms with Crippen LogP contribution in [0.25, 0.3) is 0 Å². The molecule has 0 aromatic carbocycles. The molecule has 0 aliphatic carbocycles. The summed E-state index contributed by atoms with van der Waals surface area (Å²) in [5.41, 5.74) is 0. The highest BCUT2D eigenvalue weighted by Gasteiger charge is 2.42. The first kappa shape index (κ1) is 18.2. The van der Waals surface area contributed by atoms with E-state index < -0.39 is 43.0 Å². The molecule has 13 heteroatoms. The lowest BCUT2D eigenvalue weighted by Crippen LogP contribution is -2.28. The number of rotatable bonds is 8. The molecule has 0 amide bonds. The van der Waals surface area contributed by atoms with E-state index in [4.69, 9.17) is 24.1 Å². The van der Waals surface area contributed by atoms with Crippen LogP contribution in [-0.2, 0) is 19.2 Å². The molecular formula is C5H15NO9P2S. The van der Waals surface area contributed by atoms with Gasteiger partial charge in [0.1, 0.15) is 0 Å². The fraction of sp³-hybridized carbons (Fsp3) is 1.00. The molecule has 0 spiro atoms. The third kappa shape index (κ3) is 8.30. The van der Waals surface area contributed by atoms with Crippen molar-refractivity contribution in [3.63, 3.8) is 0 Å². The molecule has 0 saturated heterocycles. The maximum absolute atomic E-state index is 10.8. The van der Waals surface area contributed by atoms with Crippen LogP contribution in [0.1, 0.15) is 6.42 Å². The molecule has 6 N–H and O–H groups in total. The highest BCUT2D eigenvalue weighted by Crippen LogP contribution is 2.59. The number of hydrogen-bond donors (Lipinski definition) is 6. The van der Waals surface area contributed by atoms with Crippen molar-refractivity contribution in [1.82, 2.24) is 5.32 Å². The van der Waals surface area contributed by atoms with E-state index >= 15 is 0 Å². The smallest absolute Gasteiger partial charge is 0.324 e. The maximum Gasteiger partial charge on any atom is 0.342 e. The van der Waals surface area contributed by atoms with E-state index in [1.807, 2.05) is 0 Å². The van der Waals surface area contributed by atoms with Crippen molar-refractivity contribution in [3.05, 3.63) is 0 Å². The molecule has 18 heavy (non-hydrogen) atoms. The standard InChI is InChI=1S/C5H15NO9P2S/c7-16(8,9)5(17(10,11)12)4-6-2-1-3-18(13,14)15/h5-6H,1-4H2,(H2,7,8,9)(H2,10,11,12)(H,13,14,15). The molecule has 110 valence electrons. The van der Waals surface area contributed by atoms with E-state index in [9.17, 15) is 17.5 Å². The molecular weight excluding hydrogens is 312 g/mol. The molecule has 0 unspecified atom stereocenters. The summed E-state index contributed by atoms with van der Waals surface area (Å²) in [4.78, 5) is 35.0. The van der Waals surface area contributed by atoms with Crippen LogP contribution in [0.3, 0.4) is 0 Å². The third-order valence-electron chi connectivity index (χ3n) is 1.86. The summed E-state index contributed by atoms with van der Waals surface area (Å²) >= 11 is 0. The average molecular weight is 327 g/mol. The minimum atomic E-state index is -4.97. The lowest BCUT2D eigenvalue weighted by Gasteiger charge is -2.19. The van der Waals surface area contributed by atoms with Gasteiger partial charge in [-0.3, -0.25) is 13.7 Å². The van der Waals surface area contributed by atoms with Gasteiger partial charge in [0, 0.05) is 6.54 Å². The first-order valence-corrected chi connectivity index (χ1v) is 9.57. The topological polar surface area (TPSA) is 181 Å². The Bertz CT molecular complexity index is 428. The minimum Gasteiger partial charge on any atom is -0.324 e. The Morgan fingerprint density at radius 1 is 1.06 bits per heavy atom. The molecule has 0 fully saturated rings. The molecule has 0 aliphatic heterocycles. The predicted molar refractivity (Wildman–Crippen MR) is 61.8 cm³/mol. The minimum absolute atomic E-state index is 0.0616. The molecule has 0 bridgehead atoms. The Kier molecular flexibility index (Phi) is 6.62.